The van der Waals surface area contributed by atoms with Crippen LogP contribution in [0.1, 0.15) is 48.5 Å². The lowest BCUT2D eigenvalue weighted by Gasteiger charge is -2.40. The third-order valence-electron chi connectivity index (χ3n) is 6.46. The smallest absolute Gasteiger partial charge is 0.257 e. The first-order valence-electron chi connectivity index (χ1n) is 11.0. The molecule has 0 atom stereocenters. The van der Waals surface area contributed by atoms with E-state index in [-0.39, 0.29) is 11.8 Å². The molecule has 1 aliphatic carbocycles. The Morgan fingerprint density at radius 2 is 1.47 bits per heavy atom. The van der Waals surface area contributed by atoms with E-state index in [0.717, 1.165) is 31.2 Å². The highest BCUT2D eigenvalue weighted by Crippen LogP contribution is 2.42. The minimum absolute atomic E-state index is 0.0233. The van der Waals surface area contributed by atoms with E-state index in [1.165, 1.54) is 0 Å². The minimum atomic E-state index is -0.394. The van der Waals surface area contributed by atoms with Crippen LogP contribution < -0.4 is 4.74 Å². The van der Waals surface area contributed by atoms with Gasteiger partial charge in [-0.3, -0.25) is 9.59 Å². The summed E-state index contributed by atoms with van der Waals surface area (Å²) in [6.45, 7) is 4.70. The minimum Gasteiger partial charge on any atom is -0.493 e. The van der Waals surface area contributed by atoms with E-state index >= 15 is 0 Å². The van der Waals surface area contributed by atoms with Crippen molar-refractivity contribution in [3.05, 3.63) is 65.7 Å². The number of hydrogen-bond donors (Lipinski definition) is 0. The third kappa shape index (κ3) is 3.81. The number of carbonyl (C=O) groups is 2. The molecule has 2 aromatic rings. The first-order valence-corrected chi connectivity index (χ1v) is 11.0. The van der Waals surface area contributed by atoms with E-state index in [0.29, 0.717) is 44.1 Å². The van der Waals surface area contributed by atoms with Crippen LogP contribution in [0.5, 0.6) is 5.75 Å². The summed E-state index contributed by atoms with van der Waals surface area (Å²) in [4.78, 5) is 30.5. The van der Waals surface area contributed by atoms with Gasteiger partial charge in [-0.2, -0.15) is 0 Å². The summed E-state index contributed by atoms with van der Waals surface area (Å²) in [5, 5.41) is 0. The Morgan fingerprint density at radius 3 is 2.13 bits per heavy atom. The van der Waals surface area contributed by atoms with Gasteiger partial charge >= 0.3 is 0 Å². The molecule has 0 aromatic heterocycles. The molecule has 0 N–H and O–H groups in total. The first kappa shape index (κ1) is 20.5. The second-order valence-corrected chi connectivity index (χ2v) is 8.17. The van der Waals surface area contributed by atoms with Crippen molar-refractivity contribution in [1.82, 2.24) is 9.80 Å². The molecule has 30 heavy (non-hydrogen) atoms. The molecule has 4 rings (SSSR count). The summed E-state index contributed by atoms with van der Waals surface area (Å²) < 4.78 is 5.63. The molecule has 2 aliphatic rings. The number of ether oxygens (including phenoxy) is 1. The van der Waals surface area contributed by atoms with Gasteiger partial charge in [-0.25, -0.2) is 0 Å². The quantitative estimate of drug-likeness (QED) is 0.757. The first-order chi connectivity index (χ1) is 14.7. The number of benzene rings is 2. The van der Waals surface area contributed by atoms with Gasteiger partial charge in [-0.05, 0) is 37.5 Å². The van der Waals surface area contributed by atoms with Crippen LogP contribution in [0.2, 0.25) is 0 Å². The summed E-state index contributed by atoms with van der Waals surface area (Å²) in [5.74, 6) is 0.829. The summed E-state index contributed by atoms with van der Waals surface area (Å²) in [6.07, 6.45) is 4.01. The second-order valence-electron chi connectivity index (χ2n) is 8.17. The molecule has 158 valence electrons. The maximum Gasteiger partial charge on any atom is 0.257 e. The molecule has 1 saturated heterocycles. The number of para-hydroxylation sites is 1. The number of piperazine rings is 1. The molecule has 0 bridgehead atoms. The normalized spacial score (nSPS) is 18.3. The fraction of sp³-hybridized carbons (Fsp3) is 0.440. The Kier molecular flexibility index (Phi) is 6.07. The van der Waals surface area contributed by atoms with Crippen molar-refractivity contribution in [3.8, 4) is 5.75 Å². The van der Waals surface area contributed by atoms with Crippen LogP contribution in [0.15, 0.2) is 54.6 Å². The lowest BCUT2D eigenvalue weighted by atomic mass is 9.77. The molecule has 1 saturated carbocycles. The van der Waals surface area contributed by atoms with Crippen molar-refractivity contribution < 1.29 is 14.3 Å². The average molecular weight is 407 g/mol. The van der Waals surface area contributed by atoms with Crippen molar-refractivity contribution in [1.29, 1.82) is 0 Å². The Hall–Kier alpha value is -2.82. The van der Waals surface area contributed by atoms with Crippen molar-refractivity contribution in [2.24, 2.45) is 0 Å². The number of amides is 2. The van der Waals surface area contributed by atoms with E-state index in [1.807, 2.05) is 59.2 Å². The largest absolute Gasteiger partial charge is 0.493 e. The van der Waals surface area contributed by atoms with Crippen molar-refractivity contribution in [2.45, 2.75) is 38.0 Å². The lowest BCUT2D eigenvalue weighted by molar-refractivity contribution is -0.138. The monoisotopic (exact) mass is 406 g/mol. The molecular formula is C25H30N2O3. The van der Waals surface area contributed by atoms with E-state index in [2.05, 4.69) is 12.1 Å². The zero-order valence-electron chi connectivity index (χ0n) is 17.7. The Labute approximate surface area is 178 Å². The van der Waals surface area contributed by atoms with Crippen molar-refractivity contribution in [2.75, 3.05) is 32.8 Å². The summed E-state index contributed by atoms with van der Waals surface area (Å²) in [5.41, 5.74) is 1.34. The molecular weight excluding hydrogens is 376 g/mol. The molecule has 2 aromatic carbocycles. The molecule has 5 heteroatoms. The SMILES string of the molecule is CCOc1ccccc1C(=O)N1CCN(C(=O)C2(c3ccccc3)CCCC2)CC1. The maximum absolute atomic E-state index is 13.6. The molecule has 2 amide bonds. The van der Waals surface area contributed by atoms with Gasteiger partial charge in [-0.15, -0.1) is 0 Å². The van der Waals surface area contributed by atoms with Crippen LogP contribution in [-0.4, -0.2) is 54.4 Å². The molecule has 1 heterocycles. The van der Waals surface area contributed by atoms with Crippen LogP contribution >= 0.6 is 0 Å². The topological polar surface area (TPSA) is 49.9 Å². The molecule has 2 fully saturated rings. The van der Waals surface area contributed by atoms with Gasteiger partial charge in [0.2, 0.25) is 5.91 Å². The standard InChI is InChI=1S/C25H30N2O3/c1-2-30-22-13-7-6-12-21(22)23(28)26-16-18-27(19-17-26)24(29)25(14-8-9-15-25)20-10-4-3-5-11-20/h3-7,10-13H,2,8-9,14-19H2,1H3. The molecule has 1 aliphatic heterocycles. The van der Waals surface area contributed by atoms with Crippen LogP contribution in [0.3, 0.4) is 0 Å². The lowest BCUT2D eigenvalue weighted by Crippen LogP contribution is -2.55. The van der Waals surface area contributed by atoms with Gasteiger partial charge < -0.3 is 14.5 Å². The van der Waals surface area contributed by atoms with E-state index < -0.39 is 5.41 Å². The van der Waals surface area contributed by atoms with Gasteiger partial charge in [0.05, 0.1) is 17.6 Å². The van der Waals surface area contributed by atoms with Gasteiger partial charge in [0, 0.05) is 26.2 Å². The molecule has 0 unspecified atom stereocenters. The summed E-state index contributed by atoms with van der Waals surface area (Å²) >= 11 is 0. The number of hydrogen-bond acceptors (Lipinski definition) is 3. The Bertz CT molecular complexity index is 882. The van der Waals surface area contributed by atoms with Crippen LogP contribution in [0.25, 0.3) is 0 Å². The highest BCUT2D eigenvalue weighted by atomic mass is 16.5. The maximum atomic E-state index is 13.6. The molecule has 5 nitrogen and oxygen atoms in total. The van der Waals surface area contributed by atoms with Crippen LogP contribution in [-0.2, 0) is 10.2 Å². The van der Waals surface area contributed by atoms with E-state index in [1.54, 1.807) is 0 Å². The van der Waals surface area contributed by atoms with Gasteiger partial charge in [0.15, 0.2) is 0 Å². The average Bonchev–Trinajstić information content (AvgIpc) is 3.31. The van der Waals surface area contributed by atoms with Crippen LogP contribution in [0, 0.1) is 0 Å². The zero-order chi connectivity index (χ0) is 21.0. The predicted molar refractivity (Wildman–Crippen MR) is 117 cm³/mol. The summed E-state index contributed by atoms with van der Waals surface area (Å²) in [6, 6.07) is 17.6. The third-order valence-corrected chi connectivity index (χ3v) is 6.46. The fourth-order valence-electron chi connectivity index (χ4n) is 4.87. The number of nitrogens with zero attached hydrogens (tertiary/aromatic N) is 2. The molecule has 0 radical (unpaired) electrons. The van der Waals surface area contributed by atoms with Crippen molar-refractivity contribution in [3.63, 3.8) is 0 Å². The molecule has 0 spiro atoms. The fourth-order valence-corrected chi connectivity index (χ4v) is 4.87. The highest BCUT2D eigenvalue weighted by molar-refractivity contribution is 5.97. The second kappa shape index (κ2) is 8.90. The van der Waals surface area contributed by atoms with E-state index in [4.69, 9.17) is 4.74 Å². The number of rotatable bonds is 5. The predicted octanol–water partition coefficient (Wildman–Crippen LogP) is 3.88. The Balaban J connectivity index is 1.45. The zero-order valence-corrected chi connectivity index (χ0v) is 17.7. The van der Waals surface area contributed by atoms with Crippen LogP contribution in [0.4, 0.5) is 0 Å². The Morgan fingerprint density at radius 1 is 0.867 bits per heavy atom. The summed E-state index contributed by atoms with van der Waals surface area (Å²) in [7, 11) is 0. The highest BCUT2D eigenvalue weighted by Gasteiger charge is 2.45. The van der Waals surface area contributed by atoms with Crippen molar-refractivity contribution >= 4 is 11.8 Å². The van der Waals surface area contributed by atoms with E-state index in [9.17, 15) is 9.59 Å². The van der Waals surface area contributed by atoms with Gasteiger partial charge in [-0.1, -0.05) is 55.3 Å². The number of carbonyl (C=O) groups excluding carboxylic acids is 2. The van der Waals surface area contributed by atoms with Gasteiger partial charge in [0.1, 0.15) is 5.75 Å². The van der Waals surface area contributed by atoms with Gasteiger partial charge in [0.25, 0.3) is 5.91 Å².